The van der Waals surface area contributed by atoms with E-state index in [2.05, 4.69) is 57.2 Å². The third-order valence-electron chi connectivity index (χ3n) is 8.88. The van der Waals surface area contributed by atoms with Gasteiger partial charge >= 0.3 is 11.9 Å². The van der Waals surface area contributed by atoms with Gasteiger partial charge in [0.2, 0.25) is 0 Å². The van der Waals surface area contributed by atoms with Crippen molar-refractivity contribution in [1.82, 2.24) is 0 Å². The third-order valence-corrected chi connectivity index (χ3v) is 8.88. The van der Waals surface area contributed by atoms with Crippen molar-refractivity contribution in [2.45, 2.75) is 187 Å². The molecule has 1 saturated heterocycles. The molecule has 1 aliphatic rings. The van der Waals surface area contributed by atoms with E-state index in [0.29, 0.717) is 31.5 Å². The maximum absolute atomic E-state index is 12.1. The minimum atomic E-state index is -0.795. The van der Waals surface area contributed by atoms with Crippen LogP contribution in [0.2, 0.25) is 0 Å². The number of aliphatic hydroxyl groups excluding tert-OH is 1. The summed E-state index contributed by atoms with van der Waals surface area (Å²) in [6.45, 7) is 6.41. The second kappa shape index (κ2) is 30.4. The van der Waals surface area contributed by atoms with E-state index in [4.69, 9.17) is 14.2 Å². The van der Waals surface area contributed by atoms with E-state index in [9.17, 15) is 14.7 Å². The fraction of sp³-hybridized carbons (Fsp3) is 0.800. The fourth-order valence-electron chi connectivity index (χ4n) is 5.45. The van der Waals surface area contributed by atoms with Crippen LogP contribution in [0.25, 0.3) is 0 Å². The summed E-state index contributed by atoms with van der Waals surface area (Å²) in [6.07, 6.45) is 38.0. The maximum Gasteiger partial charge on any atom is 0.306 e. The summed E-state index contributed by atoms with van der Waals surface area (Å²) in [6, 6.07) is 0. The topological polar surface area (TPSA) is 85.4 Å². The van der Waals surface area contributed by atoms with E-state index in [1.165, 1.54) is 83.5 Å². The van der Waals surface area contributed by atoms with Crippen LogP contribution in [0.4, 0.5) is 0 Å². The zero-order valence-electron chi connectivity index (χ0n) is 29.9. The van der Waals surface area contributed by atoms with Gasteiger partial charge in [0, 0.05) is 12.8 Å². The van der Waals surface area contributed by atoms with E-state index < -0.39 is 6.10 Å². The number of unbranched alkanes of at least 4 members (excludes halogenated alkanes) is 13. The van der Waals surface area contributed by atoms with Crippen molar-refractivity contribution in [3.05, 3.63) is 36.5 Å². The summed E-state index contributed by atoms with van der Waals surface area (Å²) in [7, 11) is 0. The highest BCUT2D eigenvalue weighted by molar-refractivity contribution is 5.70. The highest BCUT2D eigenvalue weighted by Crippen LogP contribution is 2.29. The molecule has 1 fully saturated rings. The van der Waals surface area contributed by atoms with Crippen LogP contribution >= 0.6 is 0 Å². The summed E-state index contributed by atoms with van der Waals surface area (Å²) in [5.74, 6) is 0.209. The highest BCUT2D eigenvalue weighted by atomic mass is 16.6. The summed E-state index contributed by atoms with van der Waals surface area (Å²) < 4.78 is 16.3. The summed E-state index contributed by atoms with van der Waals surface area (Å²) >= 11 is 0. The van der Waals surface area contributed by atoms with Crippen LogP contribution in [0, 0.1) is 5.92 Å². The van der Waals surface area contributed by atoms with E-state index in [1.807, 2.05) is 0 Å². The number of hydrogen-bond acceptors (Lipinski definition) is 6. The monoisotopic (exact) mass is 647 g/mol. The molecule has 0 saturated carbocycles. The minimum absolute atomic E-state index is 0.0971. The molecule has 1 N–H and O–H groups in total. The van der Waals surface area contributed by atoms with Gasteiger partial charge in [-0.05, 0) is 57.3 Å². The molecular weight excluding hydrogens is 576 g/mol. The zero-order chi connectivity index (χ0) is 33.5. The van der Waals surface area contributed by atoms with Crippen LogP contribution in [-0.2, 0) is 23.8 Å². The van der Waals surface area contributed by atoms with Crippen LogP contribution < -0.4 is 0 Å². The van der Waals surface area contributed by atoms with Crippen LogP contribution in [0.5, 0.6) is 0 Å². The van der Waals surface area contributed by atoms with Crippen molar-refractivity contribution < 1.29 is 28.9 Å². The number of rotatable bonds is 32. The van der Waals surface area contributed by atoms with E-state index in [-0.39, 0.29) is 25.2 Å². The predicted molar refractivity (Wildman–Crippen MR) is 191 cm³/mol. The molecule has 1 heterocycles. The second-order valence-electron chi connectivity index (χ2n) is 13.3. The third kappa shape index (κ3) is 26.2. The standard InChI is InChI=1S/C40H70O6/c1-4-6-7-8-19-24-29-37-38(46-37)30-25-20-15-13-17-21-26-31-39(42)44-34-36(33-41)45-40(43)32-27-22-16-12-10-9-11-14-18-23-28-35(3)5-2/h13,17,19-20,24-25,35-38,41H,4-12,14-16,18,21-23,26-34H2,1-3H3/b17-13-,24-19-,25-20-/t35?,36-,37?,38?/m0/s1. The Morgan fingerprint density at radius 3 is 1.91 bits per heavy atom. The van der Waals surface area contributed by atoms with Crippen LogP contribution in [-0.4, -0.2) is 48.6 Å². The molecule has 0 radical (unpaired) electrons. The Morgan fingerprint density at radius 2 is 1.26 bits per heavy atom. The van der Waals surface area contributed by atoms with Crippen LogP contribution in [0.15, 0.2) is 36.5 Å². The van der Waals surface area contributed by atoms with E-state index in [1.54, 1.807) is 0 Å². The molecular formula is C40H70O6. The molecule has 0 aromatic rings. The first kappa shape index (κ1) is 42.1. The van der Waals surface area contributed by atoms with Gasteiger partial charge in [-0.25, -0.2) is 0 Å². The average molecular weight is 647 g/mol. The first-order valence-corrected chi connectivity index (χ1v) is 19.1. The summed E-state index contributed by atoms with van der Waals surface area (Å²) in [5.41, 5.74) is 0. The number of carbonyl (C=O) groups excluding carboxylic acids is 2. The van der Waals surface area contributed by atoms with Crippen LogP contribution in [0.1, 0.15) is 168 Å². The maximum atomic E-state index is 12.1. The van der Waals surface area contributed by atoms with Gasteiger partial charge in [-0.3, -0.25) is 9.59 Å². The molecule has 46 heavy (non-hydrogen) atoms. The van der Waals surface area contributed by atoms with Gasteiger partial charge in [-0.15, -0.1) is 0 Å². The second-order valence-corrected chi connectivity index (χ2v) is 13.3. The van der Waals surface area contributed by atoms with Crippen molar-refractivity contribution in [3.8, 4) is 0 Å². The fourth-order valence-corrected chi connectivity index (χ4v) is 5.45. The van der Waals surface area contributed by atoms with Gasteiger partial charge in [-0.1, -0.05) is 141 Å². The molecule has 266 valence electrons. The molecule has 0 aromatic carbocycles. The van der Waals surface area contributed by atoms with Crippen molar-refractivity contribution in [2.24, 2.45) is 5.92 Å². The van der Waals surface area contributed by atoms with Crippen molar-refractivity contribution >= 4 is 11.9 Å². The summed E-state index contributed by atoms with van der Waals surface area (Å²) in [5, 5.41) is 9.54. The SMILES string of the molecule is CCCCC/C=C\CC1OC1C/C=C\C/C=C\CCCC(=O)OC[C@H](CO)OC(=O)CCCCCCCCCCCCC(C)CC. The molecule has 6 nitrogen and oxygen atoms in total. The molecule has 1 aliphatic heterocycles. The Labute approximate surface area is 282 Å². The molecule has 0 aromatic heterocycles. The lowest BCUT2D eigenvalue weighted by atomic mass is 9.99. The molecule has 3 unspecified atom stereocenters. The van der Waals surface area contributed by atoms with Gasteiger partial charge in [0.05, 0.1) is 18.8 Å². The van der Waals surface area contributed by atoms with Gasteiger partial charge in [-0.2, -0.15) is 0 Å². The Balaban J connectivity index is 1.94. The lowest BCUT2D eigenvalue weighted by molar-refractivity contribution is -0.161. The van der Waals surface area contributed by atoms with Gasteiger partial charge in [0.1, 0.15) is 6.61 Å². The van der Waals surface area contributed by atoms with Crippen molar-refractivity contribution in [3.63, 3.8) is 0 Å². The Bertz CT molecular complexity index is 819. The largest absolute Gasteiger partial charge is 0.462 e. The number of esters is 2. The lowest BCUT2D eigenvalue weighted by Crippen LogP contribution is -2.28. The normalized spacial score (nSPS) is 17.7. The van der Waals surface area contributed by atoms with Crippen molar-refractivity contribution in [1.29, 1.82) is 0 Å². The summed E-state index contributed by atoms with van der Waals surface area (Å²) in [4.78, 5) is 24.2. The zero-order valence-corrected chi connectivity index (χ0v) is 29.9. The van der Waals surface area contributed by atoms with E-state index >= 15 is 0 Å². The van der Waals surface area contributed by atoms with E-state index in [0.717, 1.165) is 50.9 Å². The first-order valence-electron chi connectivity index (χ1n) is 19.1. The number of carbonyl (C=O) groups is 2. The van der Waals surface area contributed by atoms with Crippen molar-refractivity contribution in [2.75, 3.05) is 13.2 Å². The predicted octanol–water partition coefficient (Wildman–Crippen LogP) is 10.5. The number of aliphatic hydroxyl groups is 1. The van der Waals surface area contributed by atoms with Crippen LogP contribution in [0.3, 0.4) is 0 Å². The molecule has 4 atom stereocenters. The first-order chi connectivity index (χ1) is 22.5. The average Bonchev–Trinajstić information content (AvgIpc) is 3.81. The molecule has 6 heteroatoms. The minimum Gasteiger partial charge on any atom is -0.462 e. The molecule has 0 aliphatic carbocycles. The van der Waals surface area contributed by atoms with Gasteiger partial charge < -0.3 is 19.3 Å². The van der Waals surface area contributed by atoms with Gasteiger partial charge in [0.25, 0.3) is 0 Å². The number of hydrogen-bond donors (Lipinski definition) is 1. The number of ether oxygens (including phenoxy) is 3. The Morgan fingerprint density at radius 1 is 0.696 bits per heavy atom. The Hall–Kier alpha value is -1.92. The number of epoxide rings is 1. The van der Waals surface area contributed by atoms with Gasteiger partial charge in [0.15, 0.2) is 6.10 Å². The molecule has 0 amide bonds. The lowest BCUT2D eigenvalue weighted by Gasteiger charge is -2.15. The molecule has 0 bridgehead atoms. The quantitative estimate of drug-likeness (QED) is 0.0339. The molecule has 1 rings (SSSR count). The number of allylic oxidation sites excluding steroid dienone is 4. The molecule has 0 spiro atoms. The highest BCUT2D eigenvalue weighted by Gasteiger charge is 2.35. The smallest absolute Gasteiger partial charge is 0.306 e. The Kier molecular flexibility index (Phi) is 27.8.